The Balaban J connectivity index is 1.67. The molecule has 1 atom stereocenters. The lowest BCUT2D eigenvalue weighted by Crippen LogP contribution is -2.15. The molecule has 3 heteroatoms. The van der Waals surface area contributed by atoms with Crippen LogP contribution in [-0.4, -0.2) is 16.1 Å². The standard InChI is InChI=1S/C14H19NO2/c16-14(17)13(12-7-8-12)6-2-1-4-11-5-3-9-15-10-11/h3,5,9-10,12-13H,1-2,4,6-8H2,(H,16,17). The van der Waals surface area contributed by atoms with Crippen LogP contribution in [0.3, 0.4) is 0 Å². The van der Waals surface area contributed by atoms with Gasteiger partial charge in [-0.15, -0.1) is 0 Å². The van der Waals surface area contributed by atoms with Crippen molar-refractivity contribution >= 4 is 5.97 Å². The van der Waals surface area contributed by atoms with Gasteiger partial charge in [0.05, 0.1) is 5.92 Å². The molecule has 2 rings (SSSR count). The van der Waals surface area contributed by atoms with Gasteiger partial charge in [-0.3, -0.25) is 9.78 Å². The van der Waals surface area contributed by atoms with Gasteiger partial charge >= 0.3 is 5.97 Å². The molecule has 1 aliphatic rings. The number of rotatable bonds is 7. The van der Waals surface area contributed by atoms with Crippen molar-refractivity contribution in [2.24, 2.45) is 11.8 Å². The van der Waals surface area contributed by atoms with Crippen LogP contribution in [0, 0.1) is 11.8 Å². The van der Waals surface area contributed by atoms with Crippen molar-refractivity contribution < 1.29 is 9.90 Å². The Labute approximate surface area is 102 Å². The fourth-order valence-electron chi connectivity index (χ4n) is 2.30. The maximum atomic E-state index is 11.0. The van der Waals surface area contributed by atoms with Crippen molar-refractivity contribution in [3.8, 4) is 0 Å². The van der Waals surface area contributed by atoms with Crippen molar-refractivity contribution in [1.29, 1.82) is 0 Å². The Morgan fingerprint density at radius 2 is 2.29 bits per heavy atom. The number of pyridine rings is 1. The lowest BCUT2D eigenvalue weighted by Gasteiger charge is -2.10. The van der Waals surface area contributed by atoms with Crippen LogP contribution in [0.4, 0.5) is 0 Å². The van der Waals surface area contributed by atoms with E-state index < -0.39 is 5.97 Å². The smallest absolute Gasteiger partial charge is 0.306 e. The van der Waals surface area contributed by atoms with Gasteiger partial charge in [0.2, 0.25) is 0 Å². The summed E-state index contributed by atoms with van der Waals surface area (Å²) in [5, 5.41) is 9.09. The fraction of sp³-hybridized carbons (Fsp3) is 0.571. The number of carboxylic acids is 1. The topological polar surface area (TPSA) is 50.2 Å². The van der Waals surface area contributed by atoms with Gasteiger partial charge in [0.15, 0.2) is 0 Å². The molecule has 3 nitrogen and oxygen atoms in total. The van der Waals surface area contributed by atoms with E-state index in [1.807, 2.05) is 12.3 Å². The quantitative estimate of drug-likeness (QED) is 0.737. The Morgan fingerprint density at radius 3 is 2.88 bits per heavy atom. The van der Waals surface area contributed by atoms with E-state index in [2.05, 4.69) is 11.1 Å². The lowest BCUT2D eigenvalue weighted by molar-refractivity contribution is -0.142. The molecule has 1 saturated carbocycles. The summed E-state index contributed by atoms with van der Waals surface area (Å²) in [6, 6.07) is 4.02. The number of unbranched alkanes of at least 4 members (excludes halogenated alkanes) is 1. The van der Waals surface area contributed by atoms with Crippen LogP contribution in [0.25, 0.3) is 0 Å². The number of carbonyl (C=O) groups is 1. The zero-order valence-corrected chi connectivity index (χ0v) is 10.0. The average molecular weight is 233 g/mol. The summed E-state index contributed by atoms with van der Waals surface area (Å²) in [6.07, 6.45) is 9.78. The van der Waals surface area contributed by atoms with Crippen LogP contribution >= 0.6 is 0 Å². The van der Waals surface area contributed by atoms with E-state index in [4.69, 9.17) is 5.11 Å². The molecule has 0 radical (unpaired) electrons. The molecule has 17 heavy (non-hydrogen) atoms. The first kappa shape index (κ1) is 12.1. The van der Waals surface area contributed by atoms with Crippen LogP contribution < -0.4 is 0 Å². The van der Waals surface area contributed by atoms with Crippen molar-refractivity contribution in [1.82, 2.24) is 4.98 Å². The number of carboxylic acid groups (broad SMARTS) is 1. The van der Waals surface area contributed by atoms with Gasteiger partial charge in [-0.05, 0) is 49.7 Å². The number of aliphatic carboxylic acids is 1. The average Bonchev–Trinajstić information content (AvgIpc) is 3.14. The molecule has 1 fully saturated rings. The third-order valence-corrected chi connectivity index (χ3v) is 3.46. The van der Waals surface area contributed by atoms with Crippen LogP contribution in [0.15, 0.2) is 24.5 Å². The van der Waals surface area contributed by atoms with Gasteiger partial charge in [0.1, 0.15) is 0 Å². The number of hydrogen-bond donors (Lipinski definition) is 1. The summed E-state index contributed by atoms with van der Waals surface area (Å²) < 4.78 is 0. The SMILES string of the molecule is O=C(O)C(CCCCc1cccnc1)C1CC1. The van der Waals surface area contributed by atoms with E-state index >= 15 is 0 Å². The first-order chi connectivity index (χ1) is 8.27. The van der Waals surface area contributed by atoms with Crippen molar-refractivity contribution in [3.05, 3.63) is 30.1 Å². The van der Waals surface area contributed by atoms with Crippen molar-refractivity contribution in [3.63, 3.8) is 0 Å². The van der Waals surface area contributed by atoms with Gasteiger partial charge in [0.25, 0.3) is 0 Å². The zero-order chi connectivity index (χ0) is 12.1. The first-order valence-corrected chi connectivity index (χ1v) is 6.39. The van der Waals surface area contributed by atoms with E-state index in [9.17, 15) is 4.79 Å². The normalized spacial score (nSPS) is 16.7. The van der Waals surface area contributed by atoms with E-state index in [1.54, 1.807) is 6.20 Å². The minimum Gasteiger partial charge on any atom is -0.481 e. The van der Waals surface area contributed by atoms with Crippen molar-refractivity contribution in [2.75, 3.05) is 0 Å². The molecule has 1 unspecified atom stereocenters. The van der Waals surface area contributed by atoms with Gasteiger partial charge in [-0.1, -0.05) is 12.5 Å². The van der Waals surface area contributed by atoms with E-state index in [1.165, 1.54) is 5.56 Å². The molecule has 0 aliphatic heterocycles. The summed E-state index contributed by atoms with van der Waals surface area (Å²) in [5.74, 6) is -0.233. The van der Waals surface area contributed by atoms with Gasteiger partial charge < -0.3 is 5.11 Å². The molecule has 0 amide bonds. The summed E-state index contributed by atoms with van der Waals surface area (Å²) in [5.41, 5.74) is 1.24. The van der Waals surface area contributed by atoms with Crippen LogP contribution in [0.5, 0.6) is 0 Å². The summed E-state index contributed by atoms with van der Waals surface area (Å²) in [6.45, 7) is 0. The number of aromatic nitrogens is 1. The summed E-state index contributed by atoms with van der Waals surface area (Å²) >= 11 is 0. The number of aryl methyl sites for hydroxylation is 1. The van der Waals surface area contributed by atoms with Crippen LogP contribution in [-0.2, 0) is 11.2 Å². The molecular formula is C14H19NO2. The molecule has 1 aliphatic carbocycles. The van der Waals surface area contributed by atoms with Gasteiger partial charge in [-0.25, -0.2) is 0 Å². The monoisotopic (exact) mass is 233 g/mol. The second kappa shape index (κ2) is 5.80. The minimum atomic E-state index is -0.603. The highest BCUT2D eigenvalue weighted by Crippen LogP contribution is 2.39. The zero-order valence-electron chi connectivity index (χ0n) is 10.0. The Morgan fingerprint density at radius 1 is 1.47 bits per heavy atom. The largest absolute Gasteiger partial charge is 0.481 e. The predicted octanol–water partition coefficient (Wildman–Crippen LogP) is 2.91. The molecular weight excluding hydrogens is 214 g/mol. The highest BCUT2D eigenvalue weighted by molar-refractivity contribution is 5.70. The van der Waals surface area contributed by atoms with E-state index in [0.29, 0.717) is 5.92 Å². The van der Waals surface area contributed by atoms with Crippen LogP contribution in [0.1, 0.15) is 37.7 Å². The molecule has 92 valence electrons. The number of hydrogen-bond acceptors (Lipinski definition) is 2. The Bertz CT molecular complexity index is 360. The summed E-state index contributed by atoms with van der Waals surface area (Å²) in [7, 11) is 0. The second-order valence-corrected chi connectivity index (χ2v) is 4.89. The Kier molecular flexibility index (Phi) is 4.13. The maximum Gasteiger partial charge on any atom is 0.306 e. The maximum absolute atomic E-state index is 11.0. The molecule has 0 saturated heterocycles. The van der Waals surface area contributed by atoms with Gasteiger partial charge in [-0.2, -0.15) is 0 Å². The molecule has 1 aromatic rings. The Hall–Kier alpha value is -1.38. The van der Waals surface area contributed by atoms with E-state index in [0.717, 1.165) is 38.5 Å². The third-order valence-electron chi connectivity index (χ3n) is 3.46. The first-order valence-electron chi connectivity index (χ1n) is 6.39. The fourth-order valence-corrected chi connectivity index (χ4v) is 2.30. The minimum absolute atomic E-state index is 0.0936. The number of nitrogens with zero attached hydrogens (tertiary/aromatic N) is 1. The highest BCUT2D eigenvalue weighted by atomic mass is 16.4. The third kappa shape index (κ3) is 3.84. The molecule has 1 aromatic heterocycles. The predicted molar refractivity (Wildman–Crippen MR) is 65.6 cm³/mol. The molecule has 0 aromatic carbocycles. The molecule has 1 N–H and O–H groups in total. The second-order valence-electron chi connectivity index (χ2n) is 4.89. The van der Waals surface area contributed by atoms with Gasteiger partial charge in [0, 0.05) is 12.4 Å². The lowest BCUT2D eigenvalue weighted by atomic mass is 9.96. The summed E-state index contributed by atoms with van der Waals surface area (Å²) in [4.78, 5) is 15.1. The highest BCUT2D eigenvalue weighted by Gasteiger charge is 2.35. The van der Waals surface area contributed by atoms with E-state index in [-0.39, 0.29) is 5.92 Å². The molecule has 1 heterocycles. The van der Waals surface area contributed by atoms with Crippen molar-refractivity contribution in [2.45, 2.75) is 38.5 Å². The molecule has 0 bridgehead atoms. The molecule has 0 spiro atoms. The van der Waals surface area contributed by atoms with Crippen LogP contribution in [0.2, 0.25) is 0 Å².